The van der Waals surface area contributed by atoms with Gasteiger partial charge in [-0.25, -0.2) is 9.78 Å². The minimum absolute atomic E-state index is 0.0781. The fourth-order valence-electron chi connectivity index (χ4n) is 3.57. The number of nitrogens with one attached hydrogen (secondary N) is 2. The molecule has 31 heavy (non-hydrogen) atoms. The Balaban J connectivity index is 1.36. The van der Waals surface area contributed by atoms with E-state index in [-0.39, 0.29) is 11.7 Å². The summed E-state index contributed by atoms with van der Waals surface area (Å²) in [5.74, 6) is -0.897. The first-order chi connectivity index (χ1) is 15.0. The highest BCUT2D eigenvalue weighted by molar-refractivity contribution is 7.14. The molecule has 7 nitrogen and oxygen atoms in total. The van der Waals surface area contributed by atoms with Crippen LogP contribution in [0.1, 0.15) is 36.8 Å². The lowest BCUT2D eigenvalue weighted by atomic mass is 10.0. The number of carbonyl (C=O) groups excluding carboxylic acids is 3. The molecule has 1 amide bonds. The largest absolute Gasteiger partial charge is 0.464 e. The fourth-order valence-corrected chi connectivity index (χ4v) is 4.29. The first-order valence-corrected chi connectivity index (χ1v) is 10.3. The van der Waals surface area contributed by atoms with Gasteiger partial charge in [-0.2, -0.15) is 0 Å². The Bertz CT molecular complexity index is 1370. The lowest BCUT2D eigenvalue weighted by Gasteiger charge is -2.04. The Hall–Kier alpha value is -4.04. The molecule has 152 valence electrons. The van der Waals surface area contributed by atoms with Crippen molar-refractivity contribution in [1.82, 2.24) is 9.97 Å². The molecule has 2 aromatic heterocycles. The van der Waals surface area contributed by atoms with E-state index in [4.69, 9.17) is 0 Å². The monoisotopic (exact) mass is 429 g/mol. The molecule has 0 radical (unpaired) electrons. The second kappa shape index (κ2) is 7.33. The number of thiazole rings is 1. The number of hydrogen-bond donors (Lipinski definition) is 2. The molecule has 0 saturated heterocycles. The molecule has 8 heteroatoms. The van der Waals surface area contributed by atoms with Gasteiger partial charge in [0.2, 0.25) is 0 Å². The Labute approximate surface area is 180 Å². The smallest absolute Gasteiger partial charge is 0.354 e. The average molecular weight is 429 g/mol. The first kappa shape index (κ1) is 19.0. The third kappa shape index (κ3) is 3.23. The molecule has 2 N–H and O–H groups in total. The van der Waals surface area contributed by atoms with Gasteiger partial charge >= 0.3 is 5.97 Å². The van der Waals surface area contributed by atoms with Crippen LogP contribution in [0.2, 0.25) is 0 Å². The number of amides is 1. The van der Waals surface area contributed by atoms with Crippen molar-refractivity contribution in [3.8, 4) is 22.4 Å². The summed E-state index contributed by atoms with van der Waals surface area (Å²) in [6.07, 6.45) is 1.65. The van der Waals surface area contributed by atoms with Crippen LogP contribution in [-0.4, -0.2) is 34.7 Å². The van der Waals surface area contributed by atoms with Crippen molar-refractivity contribution in [3.63, 3.8) is 0 Å². The van der Waals surface area contributed by atoms with Crippen LogP contribution in [0.4, 0.5) is 5.13 Å². The molecule has 2 aromatic carbocycles. The normalized spacial score (nSPS) is 11.7. The van der Waals surface area contributed by atoms with Crippen LogP contribution in [-0.2, 0) is 4.74 Å². The average Bonchev–Trinajstić information content (AvgIpc) is 3.52. The van der Waals surface area contributed by atoms with Crippen molar-refractivity contribution in [2.24, 2.45) is 0 Å². The van der Waals surface area contributed by atoms with Crippen molar-refractivity contribution in [2.75, 3.05) is 12.4 Å². The topological polar surface area (TPSA) is 101 Å². The maximum Gasteiger partial charge on any atom is 0.354 e. The van der Waals surface area contributed by atoms with Crippen LogP contribution in [0.5, 0.6) is 0 Å². The van der Waals surface area contributed by atoms with E-state index in [0.29, 0.717) is 38.8 Å². The Morgan fingerprint density at radius 2 is 1.81 bits per heavy atom. The van der Waals surface area contributed by atoms with Crippen molar-refractivity contribution in [3.05, 3.63) is 82.5 Å². The quantitative estimate of drug-likeness (QED) is 0.413. The van der Waals surface area contributed by atoms with Gasteiger partial charge in [0.25, 0.3) is 5.91 Å². The molecule has 0 aliphatic heterocycles. The summed E-state index contributed by atoms with van der Waals surface area (Å²) in [5, 5.41) is 4.96. The predicted octanol–water partition coefficient (Wildman–Crippen LogP) is 4.39. The fraction of sp³-hybridized carbons (Fsp3) is 0.0435. The lowest BCUT2D eigenvalue weighted by Crippen LogP contribution is -2.12. The number of H-pyrrole nitrogens is 1. The van der Waals surface area contributed by atoms with Crippen LogP contribution >= 0.6 is 11.3 Å². The summed E-state index contributed by atoms with van der Waals surface area (Å²) in [4.78, 5) is 44.3. The van der Waals surface area contributed by atoms with Gasteiger partial charge in [-0.15, -0.1) is 11.3 Å². The van der Waals surface area contributed by atoms with Crippen molar-refractivity contribution < 1.29 is 19.1 Å². The van der Waals surface area contributed by atoms with E-state index < -0.39 is 5.97 Å². The van der Waals surface area contributed by atoms with Crippen LogP contribution in [0.25, 0.3) is 22.4 Å². The number of ether oxygens (including phenoxy) is 1. The summed E-state index contributed by atoms with van der Waals surface area (Å²) in [7, 11) is 1.31. The second-order valence-corrected chi connectivity index (χ2v) is 7.78. The number of fused-ring (bicyclic) bond motifs is 3. The van der Waals surface area contributed by atoms with Crippen LogP contribution in [0.15, 0.2) is 60.1 Å². The molecule has 1 aliphatic carbocycles. The third-order valence-corrected chi connectivity index (χ3v) is 5.85. The second-order valence-electron chi connectivity index (χ2n) is 6.92. The highest BCUT2D eigenvalue weighted by Crippen LogP contribution is 2.37. The van der Waals surface area contributed by atoms with E-state index in [1.165, 1.54) is 18.4 Å². The lowest BCUT2D eigenvalue weighted by molar-refractivity contribution is 0.0594. The van der Waals surface area contributed by atoms with Crippen LogP contribution < -0.4 is 5.32 Å². The minimum atomic E-state index is -0.469. The van der Waals surface area contributed by atoms with Gasteiger partial charge in [0, 0.05) is 33.8 Å². The summed E-state index contributed by atoms with van der Waals surface area (Å²) in [5.41, 5.74) is 4.92. The molecule has 0 unspecified atom stereocenters. The third-order valence-electron chi connectivity index (χ3n) is 5.10. The highest BCUT2D eigenvalue weighted by atomic mass is 32.1. The van der Waals surface area contributed by atoms with Gasteiger partial charge in [0.1, 0.15) is 5.69 Å². The van der Waals surface area contributed by atoms with E-state index in [0.717, 1.165) is 11.1 Å². The highest BCUT2D eigenvalue weighted by Gasteiger charge is 2.27. The van der Waals surface area contributed by atoms with Gasteiger partial charge in [-0.3, -0.25) is 14.9 Å². The van der Waals surface area contributed by atoms with Gasteiger partial charge in [0.15, 0.2) is 10.9 Å². The number of nitrogens with zero attached hydrogens (tertiary/aromatic N) is 1. The molecule has 0 bridgehead atoms. The van der Waals surface area contributed by atoms with Gasteiger partial charge in [-0.05, 0) is 29.3 Å². The van der Waals surface area contributed by atoms with Gasteiger partial charge in [-0.1, -0.05) is 30.3 Å². The summed E-state index contributed by atoms with van der Waals surface area (Å²) in [6, 6.07) is 14.2. The zero-order valence-corrected chi connectivity index (χ0v) is 17.1. The molecular formula is C23H15N3O4S. The van der Waals surface area contributed by atoms with E-state index in [1.54, 1.807) is 41.9 Å². The van der Waals surface area contributed by atoms with Crippen molar-refractivity contribution in [2.45, 2.75) is 0 Å². The molecule has 0 spiro atoms. The minimum Gasteiger partial charge on any atom is -0.464 e. The van der Waals surface area contributed by atoms with E-state index in [2.05, 4.69) is 20.0 Å². The maximum absolute atomic E-state index is 12.7. The maximum atomic E-state index is 12.7. The van der Waals surface area contributed by atoms with Gasteiger partial charge in [0.05, 0.1) is 12.8 Å². The zero-order valence-electron chi connectivity index (χ0n) is 16.3. The number of aromatic amines is 1. The van der Waals surface area contributed by atoms with Crippen molar-refractivity contribution >= 4 is 34.1 Å². The number of benzene rings is 2. The van der Waals surface area contributed by atoms with Crippen LogP contribution in [0, 0.1) is 0 Å². The first-order valence-electron chi connectivity index (χ1n) is 9.37. The van der Waals surface area contributed by atoms with E-state index in [1.807, 2.05) is 18.2 Å². The molecule has 1 aliphatic rings. The molecule has 0 fully saturated rings. The summed E-state index contributed by atoms with van der Waals surface area (Å²) < 4.78 is 4.68. The number of hydrogen-bond acceptors (Lipinski definition) is 6. The number of rotatable bonds is 4. The Kier molecular flexibility index (Phi) is 4.48. The number of carbonyl (C=O) groups is 3. The molecular weight excluding hydrogens is 414 g/mol. The van der Waals surface area contributed by atoms with E-state index >= 15 is 0 Å². The van der Waals surface area contributed by atoms with Crippen LogP contribution in [0.3, 0.4) is 0 Å². The Morgan fingerprint density at radius 1 is 1.03 bits per heavy atom. The SMILES string of the molecule is COC(=O)c1cc(-c2csc(NC(=O)c3ccc4c(c3)C(=O)c3ccccc3-4)n2)c[nH]1. The molecule has 2 heterocycles. The number of esters is 1. The van der Waals surface area contributed by atoms with E-state index in [9.17, 15) is 14.4 Å². The summed E-state index contributed by atoms with van der Waals surface area (Å²) in [6.45, 7) is 0. The predicted molar refractivity (Wildman–Crippen MR) is 117 cm³/mol. The standard InChI is InChI=1S/C23H15N3O4S/c1-30-22(29)18-9-13(10-24-18)19-11-31-23(25-19)26-21(28)12-6-7-15-14-4-2-3-5-16(14)20(27)17(15)8-12/h2-11,24H,1H3,(H,25,26,28). The number of anilines is 1. The molecule has 0 atom stereocenters. The number of methoxy groups -OCH3 is 1. The summed E-state index contributed by atoms with van der Waals surface area (Å²) >= 11 is 1.27. The number of aromatic nitrogens is 2. The molecule has 0 saturated carbocycles. The van der Waals surface area contributed by atoms with Gasteiger partial charge < -0.3 is 9.72 Å². The Morgan fingerprint density at radius 3 is 2.61 bits per heavy atom. The number of ketones is 1. The molecule has 5 rings (SSSR count). The molecule has 4 aromatic rings. The van der Waals surface area contributed by atoms with Crippen molar-refractivity contribution in [1.29, 1.82) is 0 Å². The zero-order chi connectivity index (χ0) is 21.5.